The van der Waals surface area contributed by atoms with E-state index in [9.17, 15) is 14.4 Å². The number of anilines is 1. The van der Waals surface area contributed by atoms with E-state index in [-0.39, 0.29) is 12.3 Å². The van der Waals surface area contributed by atoms with E-state index in [0.29, 0.717) is 70.2 Å². The summed E-state index contributed by atoms with van der Waals surface area (Å²) in [6, 6.07) is 15.9. The Morgan fingerprint density at radius 2 is 1.83 bits per heavy atom. The normalized spacial score (nSPS) is 13.6. The number of rotatable bonds is 14. The number of carbonyl (C=O) groups excluding carboxylic acids is 3. The fourth-order valence-electron chi connectivity index (χ4n) is 4.09. The molecule has 1 saturated heterocycles. The van der Waals surface area contributed by atoms with E-state index < -0.39 is 11.4 Å². The molecule has 0 aromatic heterocycles. The SMILES string of the molecule is CCNC(=O)CCOCCN(C=O)c1cc(-c2ccc(CCC#N)cc2)ccc1OC.NC(=O)C1(N)CCOCC1. The molecule has 11 nitrogen and oxygen atoms in total. The number of carbonyl (C=O) groups is 3. The zero-order chi connectivity index (χ0) is 30.1. The van der Waals surface area contributed by atoms with Gasteiger partial charge in [-0.05, 0) is 55.0 Å². The smallest absolute Gasteiger partial charge is 0.237 e. The zero-order valence-corrected chi connectivity index (χ0v) is 23.9. The number of nitriles is 1. The minimum absolute atomic E-state index is 0.0530. The monoisotopic (exact) mass is 567 g/mol. The topological polar surface area (TPSA) is 170 Å². The Kier molecular flexibility index (Phi) is 14.3. The van der Waals surface area contributed by atoms with Crippen molar-refractivity contribution < 1.29 is 28.6 Å². The quantitative estimate of drug-likeness (QED) is 0.231. The lowest BCUT2D eigenvalue weighted by molar-refractivity contribution is -0.126. The first-order chi connectivity index (χ1) is 19.8. The van der Waals surface area contributed by atoms with Gasteiger partial charge in [-0.15, -0.1) is 0 Å². The van der Waals surface area contributed by atoms with Gasteiger partial charge in [0, 0.05) is 39.1 Å². The average Bonchev–Trinajstić information content (AvgIpc) is 2.99. The summed E-state index contributed by atoms with van der Waals surface area (Å²) in [5.74, 6) is 0.113. The van der Waals surface area contributed by atoms with Crippen molar-refractivity contribution in [1.29, 1.82) is 5.26 Å². The second kappa shape index (κ2) is 17.7. The summed E-state index contributed by atoms with van der Waals surface area (Å²) in [5, 5.41) is 11.4. The molecule has 1 aliphatic rings. The van der Waals surface area contributed by atoms with Crippen molar-refractivity contribution in [3.05, 3.63) is 48.0 Å². The number of nitrogens with one attached hydrogen (secondary N) is 1. The highest BCUT2D eigenvalue weighted by Crippen LogP contribution is 2.33. The van der Waals surface area contributed by atoms with Crippen LogP contribution in [0.15, 0.2) is 42.5 Å². The van der Waals surface area contributed by atoms with Crippen LogP contribution in [-0.2, 0) is 30.3 Å². The maximum Gasteiger partial charge on any atom is 0.237 e. The lowest BCUT2D eigenvalue weighted by atomic mass is 9.91. The summed E-state index contributed by atoms with van der Waals surface area (Å²) >= 11 is 0. The highest BCUT2D eigenvalue weighted by molar-refractivity contribution is 5.84. The average molecular weight is 568 g/mol. The van der Waals surface area contributed by atoms with Crippen molar-refractivity contribution in [2.24, 2.45) is 11.5 Å². The molecular weight excluding hydrogens is 526 g/mol. The lowest BCUT2D eigenvalue weighted by Crippen LogP contribution is -2.55. The zero-order valence-electron chi connectivity index (χ0n) is 23.9. The number of primary amides is 1. The largest absolute Gasteiger partial charge is 0.495 e. The predicted octanol–water partition coefficient (Wildman–Crippen LogP) is 2.30. The van der Waals surface area contributed by atoms with Gasteiger partial charge < -0.3 is 35.9 Å². The molecule has 0 saturated carbocycles. The van der Waals surface area contributed by atoms with Gasteiger partial charge in [-0.3, -0.25) is 14.4 Å². The number of amides is 3. The van der Waals surface area contributed by atoms with E-state index in [1.807, 2.05) is 49.4 Å². The summed E-state index contributed by atoms with van der Waals surface area (Å²) in [5.41, 5.74) is 13.6. The summed E-state index contributed by atoms with van der Waals surface area (Å²) in [6.07, 6.45) is 3.35. The van der Waals surface area contributed by atoms with E-state index in [4.69, 9.17) is 30.9 Å². The van der Waals surface area contributed by atoms with Crippen molar-refractivity contribution in [2.45, 2.75) is 44.6 Å². The van der Waals surface area contributed by atoms with Crippen molar-refractivity contribution in [1.82, 2.24) is 5.32 Å². The Labute approximate surface area is 241 Å². The summed E-state index contributed by atoms with van der Waals surface area (Å²) < 4.78 is 16.0. The van der Waals surface area contributed by atoms with Gasteiger partial charge in [0.05, 0.1) is 37.6 Å². The van der Waals surface area contributed by atoms with E-state index >= 15 is 0 Å². The van der Waals surface area contributed by atoms with Crippen LogP contribution >= 0.6 is 0 Å². The first-order valence-electron chi connectivity index (χ1n) is 13.6. The molecule has 0 unspecified atom stereocenters. The van der Waals surface area contributed by atoms with Gasteiger partial charge in [-0.2, -0.15) is 5.26 Å². The molecule has 1 fully saturated rings. The van der Waals surface area contributed by atoms with Crippen LogP contribution in [0.5, 0.6) is 5.75 Å². The molecular formula is C30H41N5O6. The highest BCUT2D eigenvalue weighted by Gasteiger charge is 2.33. The minimum atomic E-state index is -0.807. The standard InChI is InChI=1S/C24H29N3O4.C6H12N2O2/c1-3-26-24(29)12-15-31-16-14-27(18-28)22-17-21(10-11-23(22)30-2)20-8-6-19(7-9-20)5-4-13-25;7-5(9)6(8)1-3-10-4-2-6/h6-11,17-18H,3-5,12,14-16H2,1-2H3,(H,26,29);1-4,8H2,(H2,7,9). The molecule has 0 aliphatic carbocycles. The third-order valence-corrected chi connectivity index (χ3v) is 6.63. The van der Waals surface area contributed by atoms with Crippen molar-refractivity contribution in [3.8, 4) is 22.9 Å². The van der Waals surface area contributed by atoms with Gasteiger partial charge in [0.25, 0.3) is 0 Å². The molecule has 0 bridgehead atoms. The van der Waals surface area contributed by atoms with Crippen LogP contribution in [0.25, 0.3) is 11.1 Å². The first kappa shape index (κ1) is 33.2. The summed E-state index contributed by atoms with van der Waals surface area (Å²) in [6.45, 7) is 4.49. The maximum absolute atomic E-state index is 11.7. The van der Waals surface area contributed by atoms with Crippen LogP contribution in [-0.4, -0.2) is 70.4 Å². The molecule has 0 spiro atoms. The van der Waals surface area contributed by atoms with E-state index in [0.717, 1.165) is 29.5 Å². The Bertz CT molecular complexity index is 1160. The van der Waals surface area contributed by atoms with Gasteiger partial charge in [0.2, 0.25) is 18.2 Å². The van der Waals surface area contributed by atoms with Crippen molar-refractivity contribution in [2.75, 3.05) is 51.5 Å². The number of hydrogen-bond acceptors (Lipinski definition) is 8. The third-order valence-electron chi connectivity index (χ3n) is 6.63. The maximum atomic E-state index is 11.7. The van der Waals surface area contributed by atoms with Gasteiger partial charge >= 0.3 is 0 Å². The molecule has 0 atom stereocenters. The molecule has 1 heterocycles. The Hall–Kier alpha value is -3.98. The van der Waals surface area contributed by atoms with Crippen LogP contribution < -0.4 is 26.4 Å². The van der Waals surface area contributed by atoms with Crippen molar-refractivity contribution >= 4 is 23.9 Å². The van der Waals surface area contributed by atoms with E-state index in [2.05, 4.69) is 11.4 Å². The molecule has 2 aromatic carbocycles. The molecule has 2 aromatic rings. The van der Waals surface area contributed by atoms with E-state index in [1.165, 1.54) is 4.90 Å². The number of nitrogens with zero attached hydrogens (tertiary/aromatic N) is 2. The number of aryl methyl sites for hydroxylation is 1. The fraction of sp³-hybridized carbons (Fsp3) is 0.467. The highest BCUT2D eigenvalue weighted by atomic mass is 16.5. The van der Waals surface area contributed by atoms with E-state index in [1.54, 1.807) is 7.11 Å². The number of nitrogens with two attached hydrogens (primary N) is 2. The molecule has 11 heteroatoms. The van der Waals surface area contributed by atoms with Gasteiger partial charge in [-0.1, -0.05) is 30.3 Å². The second-order valence-corrected chi connectivity index (χ2v) is 9.49. The van der Waals surface area contributed by atoms with Gasteiger partial charge in [0.15, 0.2) is 0 Å². The predicted molar refractivity (Wildman–Crippen MR) is 156 cm³/mol. The summed E-state index contributed by atoms with van der Waals surface area (Å²) in [4.78, 5) is 35.5. The third kappa shape index (κ3) is 10.8. The lowest BCUT2D eigenvalue weighted by Gasteiger charge is -2.29. The van der Waals surface area contributed by atoms with Crippen LogP contribution in [0.1, 0.15) is 38.2 Å². The van der Waals surface area contributed by atoms with Gasteiger partial charge in [-0.25, -0.2) is 0 Å². The van der Waals surface area contributed by atoms with Crippen LogP contribution in [0, 0.1) is 11.3 Å². The number of methoxy groups -OCH3 is 1. The minimum Gasteiger partial charge on any atom is -0.495 e. The molecule has 1 aliphatic heterocycles. The summed E-state index contributed by atoms with van der Waals surface area (Å²) in [7, 11) is 1.56. The Morgan fingerprint density at radius 3 is 2.39 bits per heavy atom. The molecule has 41 heavy (non-hydrogen) atoms. The first-order valence-corrected chi connectivity index (χ1v) is 13.6. The number of benzene rings is 2. The van der Waals surface area contributed by atoms with Crippen LogP contribution in [0.2, 0.25) is 0 Å². The second-order valence-electron chi connectivity index (χ2n) is 9.49. The molecule has 3 rings (SSSR count). The fourth-order valence-corrected chi connectivity index (χ4v) is 4.09. The van der Waals surface area contributed by atoms with Gasteiger partial charge in [0.1, 0.15) is 5.75 Å². The number of hydrogen-bond donors (Lipinski definition) is 3. The van der Waals surface area contributed by atoms with Crippen LogP contribution in [0.3, 0.4) is 0 Å². The van der Waals surface area contributed by atoms with Crippen molar-refractivity contribution in [3.63, 3.8) is 0 Å². The number of ether oxygens (including phenoxy) is 3. The Balaban J connectivity index is 0.000000493. The molecule has 222 valence electrons. The molecule has 3 amide bonds. The molecule has 0 radical (unpaired) electrons. The Morgan fingerprint density at radius 1 is 1.15 bits per heavy atom. The molecule has 5 N–H and O–H groups in total. The van der Waals surface area contributed by atoms with Crippen LogP contribution in [0.4, 0.5) is 5.69 Å².